The Balaban J connectivity index is 1.28. The maximum atomic E-state index is 14.4. The summed E-state index contributed by atoms with van der Waals surface area (Å²) in [5.74, 6) is 0. The van der Waals surface area contributed by atoms with Crippen LogP contribution in [0.4, 0.5) is 17.1 Å². The molecule has 9 aromatic carbocycles. The lowest BCUT2D eigenvalue weighted by Crippen LogP contribution is -2.37. The highest BCUT2D eigenvalue weighted by Gasteiger charge is 2.47. The van der Waals surface area contributed by atoms with Gasteiger partial charge in [-0.15, -0.1) is 0 Å². The van der Waals surface area contributed by atoms with Crippen LogP contribution in [0.1, 0.15) is 22.3 Å². The Bertz CT molecular complexity index is 3890. The molecular formula is C57H33N3O2. The largest absolute Gasteiger partial charge is 0.308 e. The molecule has 62 heavy (non-hydrogen) atoms. The van der Waals surface area contributed by atoms with Crippen molar-refractivity contribution in [1.29, 1.82) is 0 Å². The van der Waals surface area contributed by atoms with E-state index < -0.39 is 5.41 Å². The van der Waals surface area contributed by atoms with Gasteiger partial charge in [-0.25, -0.2) is 0 Å². The van der Waals surface area contributed by atoms with Gasteiger partial charge in [0.1, 0.15) is 0 Å². The van der Waals surface area contributed by atoms with Gasteiger partial charge in [0.05, 0.1) is 55.6 Å². The highest BCUT2D eigenvalue weighted by molar-refractivity contribution is 6.32. The van der Waals surface area contributed by atoms with E-state index in [0.29, 0.717) is 21.5 Å². The quantitative estimate of drug-likeness (QED) is 0.167. The summed E-state index contributed by atoms with van der Waals surface area (Å²) in [6.45, 7) is 0. The number of nitrogens with zero attached hydrogens (tertiary/aromatic N) is 3. The Hall–Kier alpha value is -8.28. The molecule has 14 rings (SSSR count). The van der Waals surface area contributed by atoms with Crippen molar-refractivity contribution in [2.75, 3.05) is 4.90 Å². The zero-order valence-corrected chi connectivity index (χ0v) is 33.2. The van der Waals surface area contributed by atoms with Crippen LogP contribution in [0.25, 0.3) is 76.2 Å². The van der Waals surface area contributed by atoms with E-state index in [1.54, 1.807) is 0 Å². The van der Waals surface area contributed by atoms with E-state index in [9.17, 15) is 9.59 Å². The van der Waals surface area contributed by atoms with Crippen molar-refractivity contribution in [1.82, 2.24) is 8.80 Å². The smallest absolute Gasteiger partial charge is 0.197 e. The number of pyridine rings is 2. The average molecular weight is 792 g/mol. The van der Waals surface area contributed by atoms with Crippen LogP contribution in [-0.4, -0.2) is 8.80 Å². The maximum absolute atomic E-state index is 14.4. The van der Waals surface area contributed by atoms with E-state index in [4.69, 9.17) is 0 Å². The van der Waals surface area contributed by atoms with Gasteiger partial charge in [-0.3, -0.25) is 9.59 Å². The average Bonchev–Trinajstić information content (AvgIpc) is 3.85. The predicted octanol–water partition coefficient (Wildman–Crippen LogP) is 12.9. The molecule has 0 bridgehead atoms. The lowest BCUT2D eigenvalue weighted by atomic mass is 9.62. The summed E-state index contributed by atoms with van der Waals surface area (Å²) >= 11 is 0. The van der Waals surface area contributed by atoms with Crippen LogP contribution < -0.4 is 15.8 Å². The van der Waals surface area contributed by atoms with Crippen LogP contribution in [0.15, 0.2) is 210 Å². The molecule has 0 aliphatic carbocycles. The summed E-state index contributed by atoms with van der Waals surface area (Å²) in [6.07, 6.45) is 0. The molecule has 4 aromatic heterocycles. The number of aromatic nitrogens is 2. The maximum Gasteiger partial charge on any atom is 0.197 e. The van der Waals surface area contributed by atoms with E-state index in [-0.39, 0.29) is 10.9 Å². The van der Waals surface area contributed by atoms with Gasteiger partial charge in [-0.05, 0) is 76.9 Å². The molecule has 0 amide bonds. The van der Waals surface area contributed by atoms with Gasteiger partial charge in [-0.2, -0.15) is 0 Å². The van der Waals surface area contributed by atoms with Crippen molar-refractivity contribution in [2.24, 2.45) is 0 Å². The molecule has 5 nitrogen and oxygen atoms in total. The van der Waals surface area contributed by atoms with Crippen LogP contribution in [0.5, 0.6) is 0 Å². The molecule has 288 valence electrons. The van der Waals surface area contributed by atoms with Gasteiger partial charge in [0.25, 0.3) is 0 Å². The van der Waals surface area contributed by atoms with Crippen molar-refractivity contribution in [3.63, 3.8) is 0 Å². The number of rotatable bonds is 3. The summed E-state index contributed by atoms with van der Waals surface area (Å²) in [7, 11) is 0. The Kier molecular flexibility index (Phi) is 6.45. The third-order valence-electron chi connectivity index (χ3n) is 13.8. The highest BCUT2D eigenvalue weighted by Crippen LogP contribution is 2.60. The number of benzene rings is 9. The predicted molar refractivity (Wildman–Crippen MR) is 255 cm³/mol. The summed E-state index contributed by atoms with van der Waals surface area (Å²) in [6, 6.07) is 70.1. The minimum atomic E-state index is -0.663. The molecule has 5 heterocycles. The summed E-state index contributed by atoms with van der Waals surface area (Å²) < 4.78 is 4.62. The lowest BCUT2D eigenvalue weighted by molar-refractivity contribution is 0.731. The topological polar surface area (TPSA) is 46.2 Å². The molecule has 0 fully saturated rings. The van der Waals surface area contributed by atoms with E-state index in [2.05, 4.69) is 153 Å². The molecule has 0 saturated carbocycles. The third-order valence-corrected chi connectivity index (χ3v) is 13.8. The van der Waals surface area contributed by atoms with E-state index in [1.807, 2.05) is 60.7 Å². The Morgan fingerprint density at radius 2 is 0.726 bits per heavy atom. The lowest BCUT2D eigenvalue weighted by Gasteiger charge is -2.46. The minimum absolute atomic E-state index is 0.0261. The molecule has 1 aliphatic heterocycles. The SMILES string of the molecule is O=c1c2ccccc2n2c3cc4c(c(N5c6ccccc6C(c6ccccc6)(c6ccccc6)c6ccccc65)c3c3cccc1c32)c1cccc2c(=O)c3ccccc3n4c21. The fourth-order valence-corrected chi connectivity index (χ4v) is 11.5. The van der Waals surface area contributed by atoms with Crippen molar-refractivity contribution in [2.45, 2.75) is 5.41 Å². The summed E-state index contributed by atoms with van der Waals surface area (Å²) in [5, 5.41) is 6.80. The van der Waals surface area contributed by atoms with E-state index >= 15 is 0 Å². The second kappa shape index (κ2) is 11.9. The van der Waals surface area contributed by atoms with Gasteiger partial charge < -0.3 is 13.7 Å². The monoisotopic (exact) mass is 791 g/mol. The summed E-state index contributed by atoms with van der Waals surface area (Å²) in [4.78, 5) is 31.4. The zero-order chi connectivity index (χ0) is 40.8. The zero-order valence-electron chi connectivity index (χ0n) is 33.2. The normalized spacial score (nSPS) is 13.7. The number of fused-ring (bicyclic) bond motifs is 12. The third kappa shape index (κ3) is 3.94. The first kappa shape index (κ1) is 33.5. The first-order valence-electron chi connectivity index (χ1n) is 21.1. The molecule has 0 saturated heterocycles. The van der Waals surface area contributed by atoms with Gasteiger partial charge in [-0.1, -0.05) is 146 Å². The number of anilines is 3. The number of hydrogen-bond donors (Lipinski definition) is 0. The van der Waals surface area contributed by atoms with Crippen molar-refractivity contribution >= 4 is 93.3 Å². The first-order valence-corrected chi connectivity index (χ1v) is 21.1. The molecule has 0 N–H and O–H groups in total. The number of hydrogen-bond acceptors (Lipinski definition) is 3. The van der Waals surface area contributed by atoms with Gasteiger partial charge in [0, 0.05) is 43.1 Å². The van der Waals surface area contributed by atoms with Crippen molar-refractivity contribution in [3.8, 4) is 0 Å². The number of para-hydroxylation sites is 6. The molecule has 0 atom stereocenters. The van der Waals surface area contributed by atoms with Crippen LogP contribution in [-0.2, 0) is 5.41 Å². The van der Waals surface area contributed by atoms with Crippen LogP contribution in [0.3, 0.4) is 0 Å². The summed E-state index contributed by atoms with van der Waals surface area (Å²) in [5.41, 5.74) is 12.7. The van der Waals surface area contributed by atoms with Crippen molar-refractivity contribution in [3.05, 3.63) is 243 Å². The van der Waals surface area contributed by atoms with Gasteiger partial charge in [0.15, 0.2) is 10.9 Å². The second-order valence-corrected chi connectivity index (χ2v) is 16.6. The molecular weight excluding hydrogens is 759 g/mol. The molecule has 13 aromatic rings. The molecule has 0 radical (unpaired) electrons. The fraction of sp³-hybridized carbons (Fsp3) is 0.0175. The first-order chi connectivity index (χ1) is 30.7. The van der Waals surface area contributed by atoms with Gasteiger partial charge in [0.2, 0.25) is 0 Å². The van der Waals surface area contributed by atoms with Crippen LogP contribution in [0.2, 0.25) is 0 Å². The standard InChI is InChI=1S/C57H33N3O2/c61-55-36-21-7-11-29-44(36)58-48-33-49-51(39-24-16-26-41-53(39)59(49)45-30-12-8-22-37(45)56(41)62)54(50(48)38-23-15-25-40(55)52(38)58)60-46-31-13-9-27-42(46)57(34-17-3-1-4-18-34,35-19-5-2-6-20-35)43-28-10-14-32-47(43)60/h1-33H. The van der Waals surface area contributed by atoms with Crippen LogP contribution >= 0.6 is 0 Å². The molecule has 0 spiro atoms. The molecule has 0 unspecified atom stereocenters. The Morgan fingerprint density at radius 1 is 0.339 bits per heavy atom. The van der Waals surface area contributed by atoms with Crippen LogP contribution in [0, 0.1) is 0 Å². The van der Waals surface area contributed by atoms with Crippen molar-refractivity contribution < 1.29 is 0 Å². The molecule has 5 heteroatoms. The molecule has 1 aliphatic rings. The van der Waals surface area contributed by atoms with E-state index in [0.717, 1.165) is 82.8 Å². The Morgan fingerprint density at radius 3 is 1.21 bits per heavy atom. The Labute approximate surface area is 353 Å². The van der Waals surface area contributed by atoms with Gasteiger partial charge >= 0.3 is 0 Å². The highest BCUT2D eigenvalue weighted by atomic mass is 16.1. The second-order valence-electron chi connectivity index (χ2n) is 16.6. The minimum Gasteiger partial charge on any atom is -0.308 e. The van der Waals surface area contributed by atoms with E-state index in [1.165, 1.54) is 11.1 Å². The fourth-order valence-electron chi connectivity index (χ4n) is 11.5.